The van der Waals surface area contributed by atoms with E-state index in [1.807, 2.05) is 0 Å². The van der Waals surface area contributed by atoms with Gasteiger partial charge in [-0.25, -0.2) is 4.79 Å². The van der Waals surface area contributed by atoms with Crippen molar-refractivity contribution in [3.63, 3.8) is 0 Å². The summed E-state index contributed by atoms with van der Waals surface area (Å²) in [5.74, 6) is -0.386. The van der Waals surface area contributed by atoms with Gasteiger partial charge in [0.25, 0.3) is 8.32 Å². The topological polar surface area (TPSA) is 46.5 Å². The van der Waals surface area contributed by atoms with Crippen LogP contribution in [0.15, 0.2) is 72.8 Å². The molecule has 2 aromatic rings. The molecular weight excluding hydrogens is 388 g/mol. The van der Waals surface area contributed by atoms with Gasteiger partial charge in [0.05, 0.1) is 0 Å². The number of aliphatic carboxylic acids is 1. The Balaban J connectivity index is 1.94. The van der Waals surface area contributed by atoms with Gasteiger partial charge in [0.15, 0.2) is 0 Å². The minimum absolute atomic E-state index is 0.0220. The summed E-state index contributed by atoms with van der Waals surface area (Å²) >= 11 is 0. The van der Waals surface area contributed by atoms with Gasteiger partial charge < -0.3 is 9.53 Å². The molecule has 1 N–H and O–H groups in total. The molecule has 0 aromatic heterocycles. The van der Waals surface area contributed by atoms with E-state index in [1.165, 1.54) is 16.4 Å². The molecule has 1 aliphatic carbocycles. The predicted octanol–water partition coefficient (Wildman–Crippen LogP) is 5.15. The van der Waals surface area contributed by atoms with E-state index in [-0.39, 0.29) is 11.1 Å². The van der Waals surface area contributed by atoms with Crippen molar-refractivity contribution in [3.8, 4) is 0 Å². The fourth-order valence-electron chi connectivity index (χ4n) is 4.87. The molecule has 1 aliphatic rings. The van der Waals surface area contributed by atoms with Crippen LogP contribution in [0.3, 0.4) is 0 Å². The maximum Gasteiger partial charge on any atom is 0.327 e. The number of carbonyl (C=O) groups is 1. The van der Waals surface area contributed by atoms with Gasteiger partial charge >= 0.3 is 5.97 Å². The Morgan fingerprint density at radius 3 is 2.10 bits per heavy atom. The van der Waals surface area contributed by atoms with E-state index in [1.54, 1.807) is 6.08 Å². The number of carboxylic acids is 1. The highest BCUT2D eigenvalue weighted by atomic mass is 28.4. The Bertz CT molecular complexity index is 800. The molecule has 3 nitrogen and oxygen atoms in total. The third-order valence-electron chi connectivity index (χ3n) is 6.22. The van der Waals surface area contributed by atoms with Crippen molar-refractivity contribution in [2.45, 2.75) is 64.0 Å². The maximum atomic E-state index is 10.8. The lowest BCUT2D eigenvalue weighted by Gasteiger charge is -2.46. The fourth-order valence-corrected chi connectivity index (χ4v) is 9.59. The summed E-state index contributed by atoms with van der Waals surface area (Å²) in [6.07, 6.45) is 8.43. The summed E-state index contributed by atoms with van der Waals surface area (Å²) in [7, 11) is -2.53. The van der Waals surface area contributed by atoms with Crippen LogP contribution in [-0.2, 0) is 9.22 Å². The first-order valence-electron chi connectivity index (χ1n) is 11.0. The van der Waals surface area contributed by atoms with Gasteiger partial charge in [0, 0.05) is 12.2 Å². The molecule has 2 atom stereocenters. The lowest BCUT2D eigenvalue weighted by atomic mass is 9.85. The van der Waals surface area contributed by atoms with E-state index >= 15 is 0 Å². The molecule has 0 spiro atoms. The van der Waals surface area contributed by atoms with Gasteiger partial charge in [-0.2, -0.15) is 0 Å². The maximum absolute atomic E-state index is 10.8. The quantitative estimate of drug-likeness (QED) is 0.496. The lowest BCUT2D eigenvalue weighted by molar-refractivity contribution is -0.131. The van der Waals surface area contributed by atoms with Gasteiger partial charge in [0.2, 0.25) is 0 Å². The van der Waals surface area contributed by atoms with Crippen LogP contribution in [0.1, 0.15) is 52.9 Å². The van der Waals surface area contributed by atoms with Gasteiger partial charge in [-0.1, -0.05) is 93.9 Å². The first kappa shape index (κ1) is 22.5. The van der Waals surface area contributed by atoms with Crippen LogP contribution in [-0.4, -0.2) is 25.5 Å². The van der Waals surface area contributed by atoms with Crippen LogP contribution in [0, 0.1) is 5.92 Å². The van der Waals surface area contributed by atoms with E-state index < -0.39 is 14.3 Å². The molecule has 0 saturated heterocycles. The third-order valence-corrected chi connectivity index (χ3v) is 11.3. The molecule has 0 heterocycles. The molecule has 0 radical (unpaired) electrons. The van der Waals surface area contributed by atoms with Gasteiger partial charge in [-0.05, 0) is 47.0 Å². The second-order valence-electron chi connectivity index (χ2n) is 9.41. The number of benzene rings is 2. The zero-order valence-electron chi connectivity index (χ0n) is 18.4. The molecular formula is C26H34O3Si. The molecule has 1 fully saturated rings. The number of carboxylic acid groups (broad SMARTS) is 1. The highest BCUT2D eigenvalue weighted by Crippen LogP contribution is 2.40. The summed E-state index contributed by atoms with van der Waals surface area (Å²) in [4.78, 5) is 10.8. The Kier molecular flexibility index (Phi) is 7.32. The highest BCUT2D eigenvalue weighted by molar-refractivity contribution is 6.99. The Morgan fingerprint density at radius 1 is 1.03 bits per heavy atom. The van der Waals surface area contributed by atoms with Crippen LogP contribution in [0.5, 0.6) is 0 Å². The number of hydrogen-bond acceptors (Lipinski definition) is 2. The van der Waals surface area contributed by atoms with Gasteiger partial charge in [0.1, 0.15) is 0 Å². The fraction of sp³-hybridized carbons (Fsp3) is 0.423. The molecule has 3 rings (SSSR count). The largest absolute Gasteiger partial charge is 0.478 e. The second kappa shape index (κ2) is 9.76. The van der Waals surface area contributed by atoms with E-state index in [4.69, 9.17) is 9.53 Å². The zero-order valence-corrected chi connectivity index (χ0v) is 19.4. The number of allylic oxidation sites excluding steroid dienone is 1. The van der Waals surface area contributed by atoms with Crippen molar-refractivity contribution in [2.24, 2.45) is 5.92 Å². The number of hydrogen-bond donors (Lipinski definition) is 1. The SMILES string of the molecule is CC(C)(C)[Si](OC1CCCC(CC=CC(=O)O)C1)(c1ccccc1)c1ccccc1. The smallest absolute Gasteiger partial charge is 0.327 e. The third kappa shape index (κ3) is 5.11. The lowest BCUT2D eigenvalue weighted by Crippen LogP contribution is -2.67. The van der Waals surface area contributed by atoms with E-state index in [2.05, 4.69) is 81.4 Å². The molecule has 0 bridgehead atoms. The average molecular weight is 423 g/mol. The van der Waals surface area contributed by atoms with Crippen LogP contribution in [0.25, 0.3) is 0 Å². The zero-order chi connectivity index (χ0) is 21.6. The molecule has 0 aliphatic heterocycles. The van der Waals surface area contributed by atoms with Crippen molar-refractivity contribution in [2.75, 3.05) is 0 Å². The molecule has 160 valence electrons. The summed E-state index contributed by atoms with van der Waals surface area (Å²) in [6.45, 7) is 6.94. The van der Waals surface area contributed by atoms with Crippen LogP contribution in [0.4, 0.5) is 0 Å². The van der Waals surface area contributed by atoms with Crippen molar-refractivity contribution in [1.29, 1.82) is 0 Å². The molecule has 2 unspecified atom stereocenters. The predicted molar refractivity (Wildman–Crippen MR) is 126 cm³/mol. The Morgan fingerprint density at radius 2 is 1.60 bits per heavy atom. The molecule has 1 saturated carbocycles. The minimum atomic E-state index is -2.53. The van der Waals surface area contributed by atoms with Crippen molar-refractivity contribution >= 4 is 24.7 Å². The van der Waals surface area contributed by atoms with Crippen molar-refractivity contribution in [1.82, 2.24) is 0 Å². The van der Waals surface area contributed by atoms with Gasteiger partial charge in [-0.15, -0.1) is 0 Å². The van der Waals surface area contributed by atoms with Crippen molar-refractivity contribution < 1.29 is 14.3 Å². The summed E-state index contributed by atoms with van der Waals surface area (Å²) in [5.41, 5.74) is 0. The highest BCUT2D eigenvalue weighted by Gasteiger charge is 2.51. The monoisotopic (exact) mass is 422 g/mol. The summed E-state index contributed by atoms with van der Waals surface area (Å²) < 4.78 is 7.27. The van der Waals surface area contributed by atoms with E-state index in [0.717, 1.165) is 32.1 Å². The van der Waals surface area contributed by atoms with E-state index in [0.29, 0.717) is 5.92 Å². The van der Waals surface area contributed by atoms with Crippen LogP contribution < -0.4 is 10.4 Å². The molecule has 30 heavy (non-hydrogen) atoms. The van der Waals surface area contributed by atoms with Crippen molar-refractivity contribution in [3.05, 3.63) is 72.8 Å². The number of rotatable bonds is 7. The average Bonchev–Trinajstić information content (AvgIpc) is 2.72. The minimum Gasteiger partial charge on any atom is -0.478 e. The van der Waals surface area contributed by atoms with Crippen LogP contribution in [0.2, 0.25) is 5.04 Å². The molecule has 2 aromatic carbocycles. The standard InChI is InChI=1S/C26H34O3Si/c1-26(2,3)30(23-15-6-4-7-16-23,24-17-8-5-9-18-24)29-22-14-10-12-21(20-22)13-11-19-25(27)28/h4-9,11,15-19,21-22H,10,12-14,20H2,1-3H3,(H,27,28). The first-order chi connectivity index (χ1) is 14.3. The molecule has 4 heteroatoms. The van der Waals surface area contributed by atoms with Crippen LogP contribution >= 0.6 is 0 Å². The normalized spacial score (nSPS) is 20.4. The van der Waals surface area contributed by atoms with Gasteiger partial charge in [-0.3, -0.25) is 0 Å². The Hall–Kier alpha value is -2.17. The first-order valence-corrected chi connectivity index (χ1v) is 12.9. The van der Waals surface area contributed by atoms with E-state index in [9.17, 15) is 4.79 Å². The summed E-state index contributed by atoms with van der Waals surface area (Å²) in [5, 5.41) is 11.5. The molecule has 0 amide bonds. The Labute approximate surface area is 181 Å². The summed E-state index contributed by atoms with van der Waals surface area (Å²) in [6, 6.07) is 21.6. The second-order valence-corrected chi connectivity index (χ2v) is 13.7.